The van der Waals surface area contributed by atoms with E-state index in [1.807, 2.05) is 23.1 Å². The Labute approximate surface area is 101 Å². The number of piperazine rings is 1. The fraction of sp³-hybridized carbons (Fsp3) is 0.462. The number of likely N-dealkylation sites (tertiary alicyclic amines) is 1. The van der Waals surface area contributed by atoms with Gasteiger partial charge in [-0.1, -0.05) is 24.3 Å². The molecule has 2 heterocycles. The summed E-state index contributed by atoms with van der Waals surface area (Å²) >= 11 is 0. The predicted molar refractivity (Wildman–Crippen MR) is 65.1 cm³/mol. The zero-order chi connectivity index (χ0) is 11.8. The van der Waals surface area contributed by atoms with Gasteiger partial charge in [-0.2, -0.15) is 0 Å². The van der Waals surface area contributed by atoms with Crippen LogP contribution in [0.2, 0.25) is 0 Å². The van der Waals surface area contributed by atoms with Gasteiger partial charge in [0.25, 0.3) is 0 Å². The molecule has 2 fully saturated rings. The third-order valence-electron chi connectivity index (χ3n) is 3.81. The molecule has 0 radical (unpaired) electrons. The molecule has 0 spiro atoms. The molecule has 17 heavy (non-hydrogen) atoms. The summed E-state index contributed by atoms with van der Waals surface area (Å²) in [4.78, 5) is 14.0. The summed E-state index contributed by atoms with van der Waals surface area (Å²) in [5, 5.41) is 3.23. The molecule has 2 atom stereocenters. The van der Waals surface area contributed by atoms with Crippen molar-refractivity contribution in [2.45, 2.75) is 31.6 Å². The van der Waals surface area contributed by atoms with Gasteiger partial charge in [0.15, 0.2) is 0 Å². The number of fused-ring (bicyclic) bond motifs is 2. The monoisotopic (exact) mass is 231 g/mol. The summed E-state index contributed by atoms with van der Waals surface area (Å²) in [6, 6.07) is 8.53. The van der Waals surface area contributed by atoms with Crippen LogP contribution in [0.5, 0.6) is 0 Å². The van der Waals surface area contributed by atoms with Gasteiger partial charge in [0, 0.05) is 25.7 Å². The Kier molecular flexibility index (Phi) is 2.61. The molecule has 1 aromatic rings. The first-order chi connectivity index (χ1) is 8.29. The summed E-state index contributed by atoms with van der Waals surface area (Å²) in [7, 11) is 0. The first kappa shape index (κ1) is 10.7. The number of carbonyl (C=O) groups is 1. The molecule has 4 heteroatoms. The lowest BCUT2D eigenvalue weighted by Crippen LogP contribution is -2.47. The number of hydrogen-bond donors (Lipinski definition) is 2. The highest BCUT2D eigenvalue weighted by Gasteiger charge is 2.44. The van der Waals surface area contributed by atoms with Gasteiger partial charge in [0.05, 0.1) is 6.04 Å². The molecule has 2 unspecified atom stereocenters. The summed E-state index contributed by atoms with van der Waals surface area (Å²) in [5.41, 5.74) is 8.03. The highest BCUT2D eigenvalue weighted by Crippen LogP contribution is 2.27. The predicted octanol–water partition coefficient (Wildman–Crippen LogP) is 0.218. The molecule has 1 aromatic carbocycles. The van der Waals surface area contributed by atoms with E-state index < -0.39 is 0 Å². The van der Waals surface area contributed by atoms with Crippen molar-refractivity contribution in [2.24, 2.45) is 5.73 Å². The topological polar surface area (TPSA) is 58.4 Å². The fourth-order valence-corrected chi connectivity index (χ4v) is 2.82. The number of nitrogens with two attached hydrogens (primary N) is 1. The lowest BCUT2D eigenvalue weighted by Gasteiger charge is -2.28. The third-order valence-corrected chi connectivity index (χ3v) is 3.81. The third kappa shape index (κ3) is 1.73. The van der Waals surface area contributed by atoms with Crippen LogP contribution in [0.4, 0.5) is 0 Å². The minimum absolute atomic E-state index is 0.0602. The molecule has 3 rings (SSSR count). The van der Waals surface area contributed by atoms with Crippen LogP contribution >= 0.6 is 0 Å². The zero-order valence-corrected chi connectivity index (χ0v) is 9.73. The zero-order valence-electron chi connectivity index (χ0n) is 9.73. The van der Waals surface area contributed by atoms with Crippen molar-refractivity contribution in [1.29, 1.82) is 0 Å². The molecule has 3 N–H and O–H groups in total. The summed E-state index contributed by atoms with van der Waals surface area (Å²) in [6.07, 6.45) is 0.962. The van der Waals surface area contributed by atoms with Gasteiger partial charge >= 0.3 is 0 Å². The number of benzene rings is 1. The Bertz CT molecular complexity index is 446. The minimum Gasteiger partial charge on any atom is -0.333 e. The summed E-state index contributed by atoms with van der Waals surface area (Å²) in [5.74, 6) is 0.244. The Morgan fingerprint density at radius 1 is 1.35 bits per heavy atom. The lowest BCUT2D eigenvalue weighted by molar-refractivity contribution is -0.132. The Hall–Kier alpha value is -1.39. The maximum absolute atomic E-state index is 12.0. The Balaban J connectivity index is 1.81. The van der Waals surface area contributed by atoms with Crippen LogP contribution < -0.4 is 11.1 Å². The van der Waals surface area contributed by atoms with Gasteiger partial charge < -0.3 is 16.0 Å². The number of nitrogens with zero attached hydrogens (tertiary/aromatic N) is 1. The minimum atomic E-state index is 0.0602. The molecule has 2 bridgehead atoms. The van der Waals surface area contributed by atoms with Gasteiger partial charge in [-0.05, 0) is 17.5 Å². The standard InChI is InChI=1S/C13H17N3O/c14-6-9-3-1-2-4-10(9)8-16-11-5-12(13(16)17)15-7-11/h1-4,11-12,15H,5-8,14H2. The fourth-order valence-electron chi connectivity index (χ4n) is 2.82. The van der Waals surface area contributed by atoms with Crippen LogP contribution in [-0.4, -0.2) is 29.4 Å². The van der Waals surface area contributed by atoms with E-state index in [1.165, 1.54) is 5.56 Å². The molecular weight excluding hydrogens is 214 g/mol. The summed E-state index contributed by atoms with van der Waals surface area (Å²) in [6.45, 7) is 2.17. The number of amides is 1. The average Bonchev–Trinajstić information content (AvgIpc) is 2.93. The van der Waals surface area contributed by atoms with Crippen molar-refractivity contribution in [2.75, 3.05) is 6.54 Å². The number of carbonyl (C=O) groups excluding carboxylic acids is 1. The van der Waals surface area contributed by atoms with Crippen LogP contribution in [0.25, 0.3) is 0 Å². The second-order valence-corrected chi connectivity index (χ2v) is 4.79. The summed E-state index contributed by atoms with van der Waals surface area (Å²) < 4.78 is 0. The second-order valence-electron chi connectivity index (χ2n) is 4.79. The van der Waals surface area contributed by atoms with E-state index in [2.05, 4.69) is 11.4 Å². The molecule has 1 amide bonds. The average molecular weight is 231 g/mol. The van der Waals surface area contributed by atoms with E-state index in [1.54, 1.807) is 0 Å². The van der Waals surface area contributed by atoms with E-state index in [0.29, 0.717) is 19.1 Å². The molecule has 0 saturated carbocycles. The van der Waals surface area contributed by atoms with Crippen LogP contribution in [0.15, 0.2) is 24.3 Å². The highest BCUT2D eigenvalue weighted by molar-refractivity contribution is 5.85. The second kappa shape index (κ2) is 4.13. The molecule has 2 aliphatic rings. The lowest BCUT2D eigenvalue weighted by atomic mass is 10.1. The van der Waals surface area contributed by atoms with Crippen molar-refractivity contribution >= 4 is 5.91 Å². The van der Waals surface area contributed by atoms with E-state index in [-0.39, 0.29) is 11.9 Å². The molecule has 2 aliphatic heterocycles. The molecule has 2 saturated heterocycles. The van der Waals surface area contributed by atoms with E-state index in [4.69, 9.17) is 5.73 Å². The van der Waals surface area contributed by atoms with Crippen molar-refractivity contribution in [1.82, 2.24) is 10.2 Å². The van der Waals surface area contributed by atoms with E-state index in [0.717, 1.165) is 18.5 Å². The van der Waals surface area contributed by atoms with Gasteiger partial charge in [-0.15, -0.1) is 0 Å². The van der Waals surface area contributed by atoms with E-state index in [9.17, 15) is 4.79 Å². The van der Waals surface area contributed by atoms with Crippen LogP contribution in [0.3, 0.4) is 0 Å². The van der Waals surface area contributed by atoms with Gasteiger partial charge in [0.1, 0.15) is 0 Å². The SMILES string of the molecule is NCc1ccccc1CN1C(=O)C2CC1CN2. The van der Waals surface area contributed by atoms with Crippen LogP contribution in [-0.2, 0) is 17.9 Å². The first-order valence-corrected chi connectivity index (χ1v) is 6.10. The highest BCUT2D eigenvalue weighted by atomic mass is 16.2. The van der Waals surface area contributed by atoms with Crippen molar-refractivity contribution < 1.29 is 4.79 Å². The Morgan fingerprint density at radius 3 is 2.76 bits per heavy atom. The molecule has 4 nitrogen and oxygen atoms in total. The quantitative estimate of drug-likeness (QED) is 0.782. The number of hydrogen-bond acceptors (Lipinski definition) is 3. The molecule has 0 aliphatic carbocycles. The smallest absolute Gasteiger partial charge is 0.240 e. The van der Waals surface area contributed by atoms with Crippen molar-refractivity contribution in [3.8, 4) is 0 Å². The van der Waals surface area contributed by atoms with Gasteiger partial charge in [-0.25, -0.2) is 0 Å². The van der Waals surface area contributed by atoms with Gasteiger partial charge in [-0.3, -0.25) is 4.79 Å². The molecular formula is C13H17N3O. The Morgan fingerprint density at radius 2 is 2.12 bits per heavy atom. The van der Waals surface area contributed by atoms with Crippen molar-refractivity contribution in [3.05, 3.63) is 35.4 Å². The van der Waals surface area contributed by atoms with Gasteiger partial charge in [0.2, 0.25) is 5.91 Å². The maximum atomic E-state index is 12.0. The largest absolute Gasteiger partial charge is 0.333 e. The number of rotatable bonds is 3. The number of nitrogens with one attached hydrogen (secondary N) is 1. The van der Waals surface area contributed by atoms with Crippen molar-refractivity contribution in [3.63, 3.8) is 0 Å². The normalized spacial score (nSPS) is 26.9. The van der Waals surface area contributed by atoms with Crippen LogP contribution in [0, 0.1) is 0 Å². The van der Waals surface area contributed by atoms with E-state index >= 15 is 0 Å². The van der Waals surface area contributed by atoms with Crippen LogP contribution in [0.1, 0.15) is 17.5 Å². The first-order valence-electron chi connectivity index (χ1n) is 6.10. The molecule has 90 valence electrons. The maximum Gasteiger partial charge on any atom is 0.240 e. The molecule has 0 aromatic heterocycles.